The van der Waals surface area contributed by atoms with Gasteiger partial charge in [0.1, 0.15) is 18.1 Å². The van der Waals surface area contributed by atoms with Gasteiger partial charge in [-0.2, -0.15) is 8.78 Å². The molecule has 372 valence electrons. The van der Waals surface area contributed by atoms with E-state index in [-0.39, 0.29) is 84.7 Å². The van der Waals surface area contributed by atoms with Gasteiger partial charge in [0.15, 0.2) is 0 Å². The molecule has 7 amide bonds. The lowest BCUT2D eigenvalue weighted by Crippen LogP contribution is -2.61. The van der Waals surface area contributed by atoms with Crippen LogP contribution in [-0.4, -0.2) is 121 Å². The summed E-state index contributed by atoms with van der Waals surface area (Å²) in [4.78, 5) is 120. The van der Waals surface area contributed by atoms with Crippen molar-refractivity contribution in [3.05, 3.63) is 105 Å². The predicted octanol–water partition coefficient (Wildman–Crippen LogP) is 5.60. The van der Waals surface area contributed by atoms with E-state index in [1.807, 2.05) is 41.3 Å². The van der Waals surface area contributed by atoms with Crippen molar-refractivity contribution in [3.63, 3.8) is 0 Å². The summed E-state index contributed by atoms with van der Waals surface area (Å²) in [6, 6.07) is 16.5. The van der Waals surface area contributed by atoms with E-state index in [9.17, 15) is 56.7 Å². The normalized spacial score (nSPS) is 22.7. The van der Waals surface area contributed by atoms with E-state index in [4.69, 9.17) is 0 Å². The molecule has 0 spiro atoms. The number of piperidine rings is 1. The molecule has 5 aliphatic rings. The maximum absolute atomic E-state index is 14.8. The largest absolute Gasteiger partial charge is 0.399 e. The highest BCUT2D eigenvalue weighted by molar-refractivity contribution is 7.52. The van der Waals surface area contributed by atoms with Gasteiger partial charge in [-0.3, -0.25) is 43.4 Å². The van der Waals surface area contributed by atoms with Gasteiger partial charge in [0, 0.05) is 85.3 Å². The number of carbonyl (C=O) groups is 7. The fourth-order valence-electron chi connectivity index (χ4n) is 10.5. The van der Waals surface area contributed by atoms with Gasteiger partial charge in [-0.25, -0.2) is 0 Å². The van der Waals surface area contributed by atoms with Gasteiger partial charge in [0.25, 0.3) is 11.8 Å². The first-order chi connectivity index (χ1) is 34.0. The summed E-state index contributed by atoms with van der Waals surface area (Å²) in [7, 11) is -5.86. The molecule has 4 N–H and O–H groups in total. The molecule has 20 heteroatoms. The highest BCUT2D eigenvalue weighted by Gasteiger charge is 2.51. The molecule has 16 nitrogen and oxygen atoms in total. The minimum absolute atomic E-state index is 0.0430. The molecule has 1 aromatic heterocycles. The van der Waals surface area contributed by atoms with Crippen molar-refractivity contribution in [2.24, 2.45) is 0 Å². The van der Waals surface area contributed by atoms with E-state index < -0.39 is 54.7 Å². The number of nitrogens with zero attached hydrogens (tertiary/aromatic N) is 4. The Balaban J connectivity index is 0.855. The number of rotatable bonds is 12. The van der Waals surface area contributed by atoms with Crippen molar-refractivity contribution >= 4 is 70.4 Å². The molecule has 4 fully saturated rings. The third-order valence-electron chi connectivity index (χ3n) is 14.4. The summed E-state index contributed by atoms with van der Waals surface area (Å²) in [5.41, 5.74) is -2.34. The van der Waals surface area contributed by atoms with Crippen molar-refractivity contribution < 1.29 is 56.7 Å². The SMILES string of the molecule is O=C1CCC(N2Cc3c(C#CCCCCCC(=O)N4CC[C@H]5CC[C@@H](C(=O)N6CC[C@@H](c7ccccc7)C6)N5C(=O)[C@@H](NC(=O)c5cc6cc(C(F)(F)P(=O)(O)O)ccc6s5)C4)cccc3C2=O)C(=O)N1. The molecule has 4 saturated heterocycles. The van der Waals surface area contributed by atoms with Crippen LogP contribution < -0.4 is 10.6 Å². The number of benzene rings is 3. The number of likely N-dealkylation sites (tertiary alicyclic amines) is 1. The van der Waals surface area contributed by atoms with Crippen molar-refractivity contribution in [1.29, 1.82) is 0 Å². The number of amides is 7. The van der Waals surface area contributed by atoms with Crippen LogP contribution in [0.5, 0.6) is 0 Å². The van der Waals surface area contributed by atoms with Gasteiger partial charge in [-0.05, 0) is 91.8 Å². The van der Waals surface area contributed by atoms with Gasteiger partial charge in [-0.1, -0.05) is 60.7 Å². The first kappa shape index (κ1) is 49.7. The highest BCUT2D eigenvalue weighted by atomic mass is 32.1. The Morgan fingerprint density at radius 2 is 1.66 bits per heavy atom. The third kappa shape index (κ3) is 10.3. The lowest BCUT2D eigenvalue weighted by Gasteiger charge is -2.39. The minimum Gasteiger partial charge on any atom is -0.340 e. The zero-order chi connectivity index (χ0) is 50.2. The zero-order valence-electron chi connectivity index (χ0n) is 38.7. The van der Waals surface area contributed by atoms with Gasteiger partial charge in [0.05, 0.1) is 4.88 Å². The fraction of sp³-hybridized carbons (Fsp3) is 0.431. The molecule has 6 heterocycles. The molecule has 9 rings (SSSR count). The van der Waals surface area contributed by atoms with E-state index in [0.29, 0.717) is 73.9 Å². The second kappa shape index (κ2) is 20.4. The Bertz CT molecular complexity index is 2920. The smallest absolute Gasteiger partial charge is 0.340 e. The molecule has 4 aromatic rings. The fourth-order valence-corrected chi connectivity index (χ4v) is 12.0. The summed E-state index contributed by atoms with van der Waals surface area (Å²) < 4.78 is 41.2. The summed E-state index contributed by atoms with van der Waals surface area (Å²) >= 11 is 0.942. The molecule has 5 aliphatic heterocycles. The van der Waals surface area contributed by atoms with Crippen LogP contribution in [0, 0.1) is 11.8 Å². The number of hydrogen-bond acceptors (Lipinski definition) is 9. The van der Waals surface area contributed by atoms with E-state index >= 15 is 0 Å². The molecular formula is C51H53F2N6O10PS. The molecule has 0 aliphatic carbocycles. The quantitative estimate of drug-likeness (QED) is 0.0597. The topological polar surface area (TPSA) is 214 Å². The molecule has 0 bridgehead atoms. The van der Waals surface area contributed by atoms with E-state index in [1.54, 1.807) is 21.9 Å². The number of alkyl halides is 2. The summed E-state index contributed by atoms with van der Waals surface area (Å²) in [5.74, 6) is 3.80. The highest BCUT2D eigenvalue weighted by Crippen LogP contribution is 2.59. The Hall–Kier alpha value is -6.32. The summed E-state index contributed by atoms with van der Waals surface area (Å²) in [6.07, 6.45) is 5.12. The average Bonchev–Trinajstić information content (AvgIpc) is 4.17. The van der Waals surface area contributed by atoms with E-state index in [0.717, 1.165) is 41.0 Å². The number of carbonyl (C=O) groups excluding carboxylic acids is 7. The first-order valence-electron chi connectivity index (χ1n) is 24.0. The van der Waals surface area contributed by atoms with Crippen molar-refractivity contribution in [3.8, 4) is 11.8 Å². The second-order valence-corrected chi connectivity index (χ2v) is 21.6. The Morgan fingerprint density at radius 3 is 2.44 bits per heavy atom. The van der Waals surface area contributed by atoms with Gasteiger partial charge >= 0.3 is 13.3 Å². The average molecular weight is 1010 g/mol. The van der Waals surface area contributed by atoms with E-state index in [2.05, 4.69) is 22.5 Å². The van der Waals surface area contributed by atoms with Crippen molar-refractivity contribution in [2.75, 3.05) is 26.2 Å². The van der Waals surface area contributed by atoms with Crippen LogP contribution in [0.4, 0.5) is 8.78 Å². The summed E-state index contributed by atoms with van der Waals surface area (Å²) in [5, 5.41) is 5.26. The first-order valence-corrected chi connectivity index (χ1v) is 26.4. The van der Waals surface area contributed by atoms with E-state index in [1.165, 1.54) is 17.0 Å². The maximum atomic E-state index is 14.8. The molecule has 71 heavy (non-hydrogen) atoms. The van der Waals surface area contributed by atoms with Crippen LogP contribution in [0.1, 0.15) is 119 Å². The van der Waals surface area contributed by atoms with Gasteiger partial charge < -0.3 is 34.7 Å². The monoisotopic (exact) mass is 1010 g/mol. The molecule has 3 aromatic carbocycles. The Kier molecular flexibility index (Phi) is 14.3. The zero-order valence-corrected chi connectivity index (χ0v) is 40.4. The van der Waals surface area contributed by atoms with Crippen LogP contribution in [0.3, 0.4) is 0 Å². The minimum atomic E-state index is -5.86. The van der Waals surface area contributed by atoms with Crippen LogP contribution in [-0.2, 0) is 40.7 Å². The van der Waals surface area contributed by atoms with Gasteiger partial charge in [-0.15, -0.1) is 11.3 Å². The van der Waals surface area contributed by atoms with Crippen LogP contribution in [0.2, 0.25) is 0 Å². The standard InChI is InChI=1S/C51H53F2N6O10PS/c52-51(53,70(67,68)69)35-16-20-42-34(26-35)27-43(71-42)47(63)54-39-30-56(25-23-36-17-18-41(59(36)49(39)65)50(66)57-24-22-33(28-57)31-10-6-4-7-11-31)45(61)15-8-3-1-2-5-12-32-13-9-14-37-38(32)29-58(48(37)64)40-19-21-44(60)55-46(40)62/h4,6-7,9-11,13-14,16,20,26-27,33,36,39-41H,1-3,8,15,17-19,21-25,28-30H2,(H,54,63)(H,55,60,62)(H2,67,68,69)/t33-,36-,39+,40?,41+/m1/s1. The lowest BCUT2D eigenvalue weighted by atomic mass is 9.99. The lowest BCUT2D eigenvalue weighted by molar-refractivity contribution is -0.148. The molecule has 1 unspecified atom stereocenters. The molecule has 0 saturated carbocycles. The summed E-state index contributed by atoms with van der Waals surface area (Å²) in [6.45, 7) is 1.36. The molecular weight excluding hydrogens is 958 g/mol. The maximum Gasteiger partial charge on any atom is 0.399 e. The number of nitrogens with one attached hydrogen (secondary N) is 2. The van der Waals surface area contributed by atoms with Crippen LogP contribution in [0.15, 0.2) is 72.8 Å². The molecule has 0 radical (unpaired) electrons. The number of thiophene rings is 1. The Labute approximate surface area is 412 Å². The van der Waals surface area contributed by atoms with Gasteiger partial charge in [0.2, 0.25) is 29.5 Å². The molecule has 5 atom stereocenters. The number of fused-ring (bicyclic) bond motifs is 3. The number of unbranched alkanes of at least 4 members (excludes halogenated alkanes) is 3. The van der Waals surface area contributed by atoms with Crippen LogP contribution in [0.25, 0.3) is 10.1 Å². The van der Waals surface area contributed by atoms with Crippen molar-refractivity contribution in [1.82, 2.24) is 30.2 Å². The second-order valence-electron chi connectivity index (χ2n) is 18.9. The Morgan fingerprint density at radius 1 is 0.873 bits per heavy atom. The number of halogens is 2. The number of hydrogen-bond donors (Lipinski definition) is 4. The van der Waals surface area contributed by atoms with Crippen LogP contribution >= 0.6 is 18.9 Å². The third-order valence-corrected chi connectivity index (χ3v) is 16.5. The van der Waals surface area contributed by atoms with Crippen molar-refractivity contribution in [2.45, 2.75) is 113 Å². The predicted molar refractivity (Wildman–Crippen MR) is 257 cm³/mol. The number of imide groups is 1.